The van der Waals surface area contributed by atoms with E-state index in [4.69, 9.17) is 14.2 Å². The molecule has 0 aromatic heterocycles. The van der Waals surface area contributed by atoms with Crippen LogP contribution in [0.15, 0.2) is 46.9 Å². The van der Waals surface area contributed by atoms with Gasteiger partial charge in [0.1, 0.15) is 18.1 Å². The summed E-state index contributed by atoms with van der Waals surface area (Å²) in [5.41, 5.74) is 1.18. The first-order chi connectivity index (χ1) is 12.7. The number of anilines is 1. The molecule has 2 rings (SSSR count). The molecule has 1 N–H and O–H groups in total. The van der Waals surface area contributed by atoms with E-state index in [-0.39, 0.29) is 5.91 Å². The predicted molar refractivity (Wildman–Crippen MR) is 106 cm³/mol. The van der Waals surface area contributed by atoms with Crippen LogP contribution in [0.25, 0.3) is 0 Å². The van der Waals surface area contributed by atoms with Gasteiger partial charge >= 0.3 is 0 Å². The molecule has 0 fully saturated rings. The highest BCUT2D eigenvalue weighted by Gasteiger charge is 2.12. The molecule has 5 nitrogen and oxygen atoms in total. The molecule has 0 aliphatic rings. The van der Waals surface area contributed by atoms with E-state index in [0.717, 1.165) is 12.8 Å². The summed E-state index contributed by atoms with van der Waals surface area (Å²) in [6.45, 7) is 3.69. The van der Waals surface area contributed by atoms with Gasteiger partial charge in [0.15, 0.2) is 0 Å². The molecule has 0 unspecified atom stereocenters. The Hall–Kier alpha value is -2.05. The van der Waals surface area contributed by atoms with Crippen LogP contribution in [0.4, 0.5) is 5.69 Å². The zero-order valence-electron chi connectivity index (χ0n) is 15.1. The number of unbranched alkanes of at least 4 members (excludes halogenated alkanes) is 1. The smallest absolute Gasteiger partial charge is 0.255 e. The summed E-state index contributed by atoms with van der Waals surface area (Å²) >= 11 is 3.44. The summed E-state index contributed by atoms with van der Waals surface area (Å²) in [5.74, 6) is 1.13. The molecule has 0 radical (unpaired) electrons. The highest BCUT2D eigenvalue weighted by Crippen LogP contribution is 2.28. The third-order valence-electron chi connectivity index (χ3n) is 3.63. The van der Waals surface area contributed by atoms with Crippen molar-refractivity contribution < 1.29 is 19.0 Å². The largest absolute Gasteiger partial charge is 0.491 e. The topological polar surface area (TPSA) is 56.8 Å². The van der Waals surface area contributed by atoms with Crippen LogP contribution in [0, 0.1) is 0 Å². The number of nitrogens with one attached hydrogen (secondary N) is 1. The maximum atomic E-state index is 12.6. The van der Waals surface area contributed by atoms with Crippen LogP contribution in [-0.2, 0) is 4.74 Å². The molecule has 26 heavy (non-hydrogen) atoms. The number of para-hydroxylation sites is 2. The Morgan fingerprint density at radius 2 is 1.81 bits per heavy atom. The zero-order valence-corrected chi connectivity index (χ0v) is 16.7. The summed E-state index contributed by atoms with van der Waals surface area (Å²) in [5, 5.41) is 2.91. The molecule has 6 heteroatoms. The molecule has 0 spiro atoms. The van der Waals surface area contributed by atoms with Gasteiger partial charge in [-0.05, 0) is 52.7 Å². The van der Waals surface area contributed by atoms with E-state index in [9.17, 15) is 4.79 Å². The van der Waals surface area contributed by atoms with Crippen molar-refractivity contribution in [1.82, 2.24) is 0 Å². The Balaban J connectivity index is 2.04. The minimum atomic E-state index is -0.208. The standard InChI is InChI=1S/C20H24BrNO4/c1-3-4-11-25-19-8-6-5-7-17(19)22-20(23)15-9-10-18(16(21)14-15)26-13-12-24-2/h5-10,14H,3-4,11-13H2,1-2H3,(H,22,23). The van der Waals surface area contributed by atoms with Crippen molar-refractivity contribution in [2.75, 3.05) is 32.2 Å². The van der Waals surface area contributed by atoms with Gasteiger partial charge in [-0.3, -0.25) is 4.79 Å². The van der Waals surface area contributed by atoms with Crippen molar-refractivity contribution in [2.45, 2.75) is 19.8 Å². The van der Waals surface area contributed by atoms with Crippen LogP contribution in [0.5, 0.6) is 11.5 Å². The lowest BCUT2D eigenvalue weighted by molar-refractivity contribution is 0.102. The van der Waals surface area contributed by atoms with Gasteiger partial charge in [0.25, 0.3) is 5.91 Å². The van der Waals surface area contributed by atoms with Crippen molar-refractivity contribution in [3.63, 3.8) is 0 Å². The number of rotatable bonds is 10. The zero-order chi connectivity index (χ0) is 18.8. The Kier molecular flexibility index (Phi) is 8.44. The van der Waals surface area contributed by atoms with E-state index in [2.05, 4.69) is 28.2 Å². The van der Waals surface area contributed by atoms with E-state index < -0.39 is 0 Å². The van der Waals surface area contributed by atoms with Gasteiger partial charge < -0.3 is 19.5 Å². The molecule has 0 saturated heterocycles. The molecule has 0 aliphatic carbocycles. The lowest BCUT2D eigenvalue weighted by atomic mass is 10.2. The number of methoxy groups -OCH3 is 1. The molecule has 0 heterocycles. The molecule has 2 aromatic carbocycles. The second-order valence-corrected chi connectivity index (χ2v) is 6.49. The monoisotopic (exact) mass is 421 g/mol. The third kappa shape index (κ3) is 6.04. The number of halogens is 1. The third-order valence-corrected chi connectivity index (χ3v) is 4.25. The average molecular weight is 422 g/mol. The number of ether oxygens (including phenoxy) is 3. The summed E-state index contributed by atoms with van der Waals surface area (Å²) in [6, 6.07) is 12.7. The van der Waals surface area contributed by atoms with E-state index in [1.807, 2.05) is 24.3 Å². The van der Waals surface area contributed by atoms with Gasteiger partial charge in [-0.15, -0.1) is 0 Å². The summed E-state index contributed by atoms with van der Waals surface area (Å²) < 4.78 is 17.0. The van der Waals surface area contributed by atoms with Gasteiger partial charge in [-0.2, -0.15) is 0 Å². The van der Waals surface area contributed by atoms with Crippen molar-refractivity contribution in [3.05, 3.63) is 52.5 Å². The van der Waals surface area contributed by atoms with Crippen molar-refractivity contribution >= 4 is 27.5 Å². The second kappa shape index (κ2) is 10.8. The predicted octanol–water partition coefficient (Wildman–Crippen LogP) is 4.91. The fourth-order valence-corrected chi connectivity index (χ4v) is 2.70. The summed E-state index contributed by atoms with van der Waals surface area (Å²) in [7, 11) is 1.62. The van der Waals surface area contributed by atoms with E-state index in [1.165, 1.54) is 0 Å². The maximum Gasteiger partial charge on any atom is 0.255 e. The van der Waals surface area contributed by atoms with Crippen molar-refractivity contribution in [1.29, 1.82) is 0 Å². The summed E-state index contributed by atoms with van der Waals surface area (Å²) in [4.78, 5) is 12.6. The number of amides is 1. The minimum Gasteiger partial charge on any atom is -0.491 e. The molecule has 1 amide bonds. The Bertz CT molecular complexity index is 721. The normalized spacial score (nSPS) is 10.4. The first-order valence-electron chi connectivity index (χ1n) is 8.60. The number of carbonyl (C=O) groups excluding carboxylic acids is 1. The minimum absolute atomic E-state index is 0.208. The number of carbonyl (C=O) groups is 1. The molecule has 0 bridgehead atoms. The highest BCUT2D eigenvalue weighted by atomic mass is 79.9. The van der Waals surface area contributed by atoms with Crippen molar-refractivity contribution in [3.8, 4) is 11.5 Å². The number of hydrogen-bond donors (Lipinski definition) is 1. The van der Waals surface area contributed by atoms with Crippen LogP contribution in [0.2, 0.25) is 0 Å². The fourth-order valence-electron chi connectivity index (χ4n) is 2.21. The summed E-state index contributed by atoms with van der Waals surface area (Å²) in [6.07, 6.45) is 2.03. The SMILES string of the molecule is CCCCOc1ccccc1NC(=O)c1ccc(OCCOC)c(Br)c1. The maximum absolute atomic E-state index is 12.6. The average Bonchev–Trinajstić information content (AvgIpc) is 2.64. The quantitative estimate of drug-likeness (QED) is 0.553. The highest BCUT2D eigenvalue weighted by molar-refractivity contribution is 9.10. The molecule has 140 valence electrons. The Labute approximate surface area is 162 Å². The first-order valence-corrected chi connectivity index (χ1v) is 9.39. The lowest BCUT2D eigenvalue weighted by Gasteiger charge is -2.13. The van der Waals surface area contributed by atoms with Gasteiger partial charge in [0.05, 0.1) is 23.4 Å². The molecule has 0 aliphatic heterocycles. The van der Waals surface area contributed by atoms with Crippen LogP contribution >= 0.6 is 15.9 Å². The van der Waals surface area contributed by atoms with Crippen LogP contribution in [0.1, 0.15) is 30.1 Å². The van der Waals surface area contributed by atoms with Crippen LogP contribution in [-0.4, -0.2) is 32.8 Å². The van der Waals surface area contributed by atoms with Gasteiger partial charge in [0, 0.05) is 12.7 Å². The van der Waals surface area contributed by atoms with Gasteiger partial charge in [0.2, 0.25) is 0 Å². The Morgan fingerprint density at radius 1 is 1.04 bits per heavy atom. The van der Waals surface area contributed by atoms with Gasteiger partial charge in [-0.25, -0.2) is 0 Å². The lowest BCUT2D eigenvalue weighted by Crippen LogP contribution is -2.13. The molecular weight excluding hydrogens is 398 g/mol. The Morgan fingerprint density at radius 3 is 2.54 bits per heavy atom. The van der Waals surface area contributed by atoms with E-state index in [1.54, 1.807) is 25.3 Å². The molecule has 2 aromatic rings. The van der Waals surface area contributed by atoms with Crippen LogP contribution < -0.4 is 14.8 Å². The molecule has 0 saturated carbocycles. The van der Waals surface area contributed by atoms with Crippen LogP contribution in [0.3, 0.4) is 0 Å². The van der Waals surface area contributed by atoms with Gasteiger partial charge in [-0.1, -0.05) is 25.5 Å². The second-order valence-electron chi connectivity index (χ2n) is 5.64. The number of benzene rings is 2. The molecule has 0 atom stereocenters. The van der Waals surface area contributed by atoms with Crippen molar-refractivity contribution in [2.24, 2.45) is 0 Å². The molecular formula is C20H24BrNO4. The van der Waals surface area contributed by atoms with E-state index in [0.29, 0.717) is 47.0 Å². The fraction of sp³-hybridized carbons (Fsp3) is 0.350. The van der Waals surface area contributed by atoms with E-state index >= 15 is 0 Å². The first kappa shape index (κ1) is 20.3. The number of hydrogen-bond acceptors (Lipinski definition) is 4.